The van der Waals surface area contributed by atoms with E-state index < -0.39 is 23.8 Å². The number of aromatic hydroxyl groups is 2. The third-order valence-electron chi connectivity index (χ3n) is 5.88. The molecule has 1 fully saturated rings. The Kier molecular flexibility index (Phi) is 5.56. The molecule has 1 saturated heterocycles. The van der Waals surface area contributed by atoms with Crippen LogP contribution in [0.1, 0.15) is 50.8 Å². The molecule has 32 heavy (non-hydrogen) atoms. The molecule has 0 saturated carbocycles. The van der Waals surface area contributed by atoms with Crippen molar-refractivity contribution in [1.82, 2.24) is 15.1 Å². The highest BCUT2D eigenvalue weighted by molar-refractivity contribution is 6.22. The Morgan fingerprint density at radius 3 is 2.03 bits per heavy atom. The maximum Gasteiger partial charge on any atom is 0.262 e. The number of piperidine rings is 1. The summed E-state index contributed by atoms with van der Waals surface area (Å²) in [5.41, 5.74) is 0.744. The molecule has 0 radical (unpaired) electrons. The summed E-state index contributed by atoms with van der Waals surface area (Å²) >= 11 is 0. The maximum atomic E-state index is 13.0. The van der Waals surface area contributed by atoms with Crippen LogP contribution in [0.25, 0.3) is 0 Å². The summed E-state index contributed by atoms with van der Waals surface area (Å²) in [6, 6.07) is 9.05. The van der Waals surface area contributed by atoms with E-state index in [0.29, 0.717) is 37.1 Å². The lowest BCUT2D eigenvalue weighted by molar-refractivity contribution is -0.136. The molecule has 2 heterocycles. The van der Waals surface area contributed by atoms with E-state index >= 15 is 0 Å². The van der Waals surface area contributed by atoms with Crippen molar-refractivity contribution in [1.29, 1.82) is 0 Å². The van der Waals surface area contributed by atoms with Gasteiger partial charge in [0.15, 0.2) is 0 Å². The van der Waals surface area contributed by atoms with E-state index in [-0.39, 0.29) is 29.0 Å². The van der Waals surface area contributed by atoms with Crippen LogP contribution in [0.4, 0.5) is 0 Å². The number of likely N-dealkylation sites (tertiary alicyclic amines) is 1. The van der Waals surface area contributed by atoms with Gasteiger partial charge in [0.2, 0.25) is 5.91 Å². The molecule has 2 aliphatic rings. The second-order valence-corrected chi connectivity index (χ2v) is 8.01. The van der Waals surface area contributed by atoms with Gasteiger partial charge in [0, 0.05) is 30.8 Å². The highest BCUT2D eigenvalue weighted by atomic mass is 16.3. The molecule has 2 aliphatic heterocycles. The molecule has 0 aliphatic carbocycles. The Morgan fingerprint density at radius 1 is 0.969 bits per heavy atom. The smallest absolute Gasteiger partial charge is 0.262 e. The largest absolute Gasteiger partial charge is 0.508 e. The fourth-order valence-corrected chi connectivity index (χ4v) is 4.17. The fraction of sp³-hybridized carbons (Fsp3) is 0.304. The molecule has 2 aromatic carbocycles. The molecule has 9 heteroatoms. The number of carbonyl (C=O) groups is 4. The first-order chi connectivity index (χ1) is 15.3. The van der Waals surface area contributed by atoms with E-state index in [0.717, 1.165) is 11.0 Å². The number of phenols is 2. The number of nitrogens with one attached hydrogen (secondary N) is 1. The van der Waals surface area contributed by atoms with E-state index in [1.807, 2.05) is 0 Å². The number of phenolic OH excluding ortho intramolecular Hbond substituents is 2. The molecule has 0 spiro atoms. The predicted octanol–water partition coefficient (Wildman–Crippen LogP) is 1.50. The van der Waals surface area contributed by atoms with Crippen LogP contribution in [-0.2, 0) is 4.79 Å². The van der Waals surface area contributed by atoms with E-state index in [9.17, 15) is 29.4 Å². The molecule has 9 nitrogen and oxygen atoms in total. The summed E-state index contributed by atoms with van der Waals surface area (Å²) in [7, 11) is 0. The molecule has 0 bridgehead atoms. The number of hydrogen-bond donors (Lipinski definition) is 3. The Morgan fingerprint density at radius 2 is 1.50 bits per heavy atom. The number of imide groups is 1. The van der Waals surface area contributed by atoms with Gasteiger partial charge in [-0.3, -0.25) is 24.1 Å². The fourth-order valence-electron chi connectivity index (χ4n) is 4.17. The van der Waals surface area contributed by atoms with Gasteiger partial charge in [-0.15, -0.1) is 0 Å². The molecule has 4 amide bonds. The molecule has 1 unspecified atom stereocenters. The lowest BCUT2D eigenvalue weighted by atomic mass is 10.0. The topological polar surface area (TPSA) is 127 Å². The minimum atomic E-state index is -0.927. The Labute approximate surface area is 184 Å². The van der Waals surface area contributed by atoms with Gasteiger partial charge in [0.1, 0.15) is 17.5 Å². The van der Waals surface area contributed by atoms with E-state index in [1.54, 1.807) is 36.1 Å². The van der Waals surface area contributed by atoms with Crippen LogP contribution >= 0.6 is 0 Å². The zero-order valence-electron chi connectivity index (χ0n) is 17.4. The van der Waals surface area contributed by atoms with Crippen molar-refractivity contribution in [2.24, 2.45) is 0 Å². The van der Waals surface area contributed by atoms with E-state index in [4.69, 9.17) is 0 Å². The quantitative estimate of drug-likeness (QED) is 0.622. The zero-order chi connectivity index (χ0) is 23.0. The lowest BCUT2D eigenvalue weighted by Crippen LogP contribution is -2.53. The molecule has 1 atom stereocenters. The standard InChI is InChI=1S/C23H23N3O6/c1-13(26-22(31)18-4-2-3-5-19(18)23(26)32)21(30)25-8-6-15(7-9-25)24-20(29)14-10-16(27)12-17(28)11-14/h2-5,10-13,15,27-28H,6-9H2,1H3,(H,24,29). The van der Waals surface area contributed by atoms with Crippen molar-refractivity contribution in [2.75, 3.05) is 13.1 Å². The van der Waals surface area contributed by atoms with Crippen LogP contribution in [-0.4, -0.2) is 68.8 Å². The molecular formula is C23H23N3O6. The number of hydrogen-bond acceptors (Lipinski definition) is 6. The van der Waals surface area contributed by atoms with Crippen LogP contribution < -0.4 is 5.32 Å². The number of amides is 4. The van der Waals surface area contributed by atoms with Gasteiger partial charge in [-0.2, -0.15) is 0 Å². The maximum absolute atomic E-state index is 13.0. The van der Waals surface area contributed by atoms with Crippen molar-refractivity contribution in [3.63, 3.8) is 0 Å². The third kappa shape index (κ3) is 3.89. The van der Waals surface area contributed by atoms with Crippen molar-refractivity contribution >= 4 is 23.6 Å². The number of carbonyl (C=O) groups excluding carboxylic acids is 4. The highest BCUT2D eigenvalue weighted by Gasteiger charge is 2.42. The van der Waals surface area contributed by atoms with Gasteiger partial charge in [0.05, 0.1) is 11.1 Å². The summed E-state index contributed by atoms with van der Waals surface area (Å²) in [6.45, 7) is 2.28. The summed E-state index contributed by atoms with van der Waals surface area (Å²) in [4.78, 5) is 53.3. The number of fused-ring (bicyclic) bond motifs is 1. The minimum Gasteiger partial charge on any atom is -0.508 e. The summed E-state index contributed by atoms with van der Waals surface area (Å²) in [6.07, 6.45) is 0.994. The first-order valence-electron chi connectivity index (χ1n) is 10.4. The average molecular weight is 437 g/mol. The number of benzene rings is 2. The van der Waals surface area contributed by atoms with Crippen molar-refractivity contribution in [3.05, 3.63) is 59.2 Å². The van der Waals surface area contributed by atoms with Gasteiger partial charge in [-0.25, -0.2) is 0 Å². The molecule has 0 aromatic heterocycles. The first-order valence-corrected chi connectivity index (χ1v) is 10.4. The molecule has 3 N–H and O–H groups in total. The Balaban J connectivity index is 1.35. The van der Waals surface area contributed by atoms with Crippen molar-refractivity contribution < 1.29 is 29.4 Å². The average Bonchev–Trinajstić information content (AvgIpc) is 3.03. The molecule has 166 valence electrons. The lowest BCUT2D eigenvalue weighted by Gasteiger charge is -2.35. The molecule has 2 aromatic rings. The monoisotopic (exact) mass is 437 g/mol. The second kappa shape index (κ2) is 8.33. The van der Waals surface area contributed by atoms with E-state index in [2.05, 4.69) is 5.32 Å². The normalized spacial score (nSPS) is 17.3. The van der Waals surface area contributed by atoms with Crippen LogP contribution in [0, 0.1) is 0 Å². The first kappa shape index (κ1) is 21.4. The van der Waals surface area contributed by atoms with Crippen LogP contribution in [0.5, 0.6) is 11.5 Å². The van der Waals surface area contributed by atoms with Gasteiger partial charge >= 0.3 is 0 Å². The number of rotatable bonds is 4. The van der Waals surface area contributed by atoms with Gasteiger partial charge < -0.3 is 20.4 Å². The Hall–Kier alpha value is -3.88. The summed E-state index contributed by atoms with van der Waals surface area (Å²) in [5, 5.41) is 21.9. The van der Waals surface area contributed by atoms with Gasteiger partial charge in [-0.1, -0.05) is 12.1 Å². The molecule has 4 rings (SSSR count). The minimum absolute atomic E-state index is 0.139. The summed E-state index contributed by atoms with van der Waals surface area (Å²) in [5.74, 6) is -2.11. The predicted molar refractivity (Wildman–Crippen MR) is 113 cm³/mol. The number of nitrogens with zero attached hydrogens (tertiary/aromatic N) is 2. The molecular weight excluding hydrogens is 414 g/mol. The van der Waals surface area contributed by atoms with Gasteiger partial charge in [0.25, 0.3) is 17.7 Å². The SMILES string of the molecule is CC(C(=O)N1CCC(NC(=O)c2cc(O)cc(O)c2)CC1)N1C(=O)c2ccccc2C1=O. The Bertz CT molecular complexity index is 1050. The second-order valence-electron chi connectivity index (χ2n) is 8.01. The highest BCUT2D eigenvalue weighted by Crippen LogP contribution is 2.26. The van der Waals surface area contributed by atoms with Crippen LogP contribution in [0.2, 0.25) is 0 Å². The van der Waals surface area contributed by atoms with Gasteiger partial charge in [-0.05, 0) is 44.0 Å². The van der Waals surface area contributed by atoms with Crippen LogP contribution in [0.3, 0.4) is 0 Å². The van der Waals surface area contributed by atoms with Crippen LogP contribution in [0.15, 0.2) is 42.5 Å². The van der Waals surface area contributed by atoms with E-state index in [1.165, 1.54) is 12.1 Å². The summed E-state index contributed by atoms with van der Waals surface area (Å²) < 4.78 is 0. The third-order valence-corrected chi connectivity index (χ3v) is 5.88. The zero-order valence-corrected chi connectivity index (χ0v) is 17.4. The van der Waals surface area contributed by atoms with Crippen molar-refractivity contribution in [2.45, 2.75) is 31.8 Å². The van der Waals surface area contributed by atoms with Crippen molar-refractivity contribution in [3.8, 4) is 11.5 Å².